The van der Waals surface area contributed by atoms with E-state index in [-0.39, 0.29) is 5.82 Å². The van der Waals surface area contributed by atoms with Crippen molar-refractivity contribution in [3.63, 3.8) is 0 Å². The summed E-state index contributed by atoms with van der Waals surface area (Å²) in [5.74, 6) is -0.203. The number of hydrogen-bond donors (Lipinski definition) is 1. The first-order chi connectivity index (χ1) is 8.20. The van der Waals surface area contributed by atoms with Crippen molar-refractivity contribution in [2.45, 2.75) is 25.9 Å². The maximum atomic E-state index is 13.7. The number of halogens is 2. The molecule has 1 N–H and O–H groups in total. The van der Waals surface area contributed by atoms with Crippen molar-refractivity contribution in [3.05, 3.63) is 34.6 Å². The van der Waals surface area contributed by atoms with Crippen LogP contribution in [0, 0.1) is 5.82 Å². The second kappa shape index (κ2) is 5.80. The Morgan fingerprint density at radius 2 is 2.35 bits per heavy atom. The Morgan fingerprint density at radius 1 is 1.53 bits per heavy atom. The monoisotopic (exact) mass is 256 g/mol. The molecule has 0 saturated carbocycles. The molecule has 1 atom stereocenters. The van der Waals surface area contributed by atoms with Crippen LogP contribution in [-0.2, 0) is 6.54 Å². The lowest BCUT2D eigenvalue weighted by molar-refractivity contribution is 0.147. The van der Waals surface area contributed by atoms with E-state index in [0.717, 1.165) is 31.6 Å². The summed E-state index contributed by atoms with van der Waals surface area (Å²) in [6, 6.07) is 5.43. The smallest absolute Gasteiger partial charge is 0.129 e. The molecule has 1 aromatic carbocycles. The Labute approximate surface area is 107 Å². The zero-order chi connectivity index (χ0) is 12.3. The molecule has 1 aromatic rings. The molecule has 0 amide bonds. The summed E-state index contributed by atoms with van der Waals surface area (Å²) in [4.78, 5) is 2.34. The molecule has 2 nitrogen and oxygen atoms in total. The van der Waals surface area contributed by atoms with Gasteiger partial charge in [0.25, 0.3) is 0 Å². The normalized spacial score (nSPS) is 21.7. The first-order valence-electron chi connectivity index (χ1n) is 6.09. The summed E-state index contributed by atoms with van der Waals surface area (Å²) in [6.45, 7) is 5.78. The Hall–Kier alpha value is -0.640. The number of nitrogens with zero attached hydrogens (tertiary/aromatic N) is 1. The number of benzene rings is 1. The Morgan fingerprint density at radius 3 is 3.06 bits per heavy atom. The van der Waals surface area contributed by atoms with Gasteiger partial charge >= 0.3 is 0 Å². The Balaban J connectivity index is 2.08. The van der Waals surface area contributed by atoms with Gasteiger partial charge in [-0.2, -0.15) is 0 Å². The maximum absolute atomic E-state index is 13.7. The van der Waals surface area contributed by atoms with Crippen molar-refractivity contribution >= 4 is 11.6 Å². The fourth-order valence-corrected chi connectivity index (χ4v) is 2.44. The first-order valence-corrected chi connectivity index (χ1v) is 6.47. The SMILES string of the molecule is CCC1CNCCN1Cc1ccc(Cl)cc1F. The summed E-state index contributed by atoms with van der Waals surface area (Å²) in [5.41, 5.74) is 0.731. The lowest BCUT2D eigenvalue weighted by atomic mass is 10.1. The number of nitrogens with one attached hydrogen (secondary N) is 1. The van der Waals surface area contributed by atoms with Crippen LogP contribution >= 0.6 is 11.6 Å². The second-order valence-electron chi connectivity index (χ2n) is 4.47. The molecule has 4 heteroatoms. The first kappa shape index (κ1) is 12.8. The lowest BCUT2D eigenvalue weighted by Crippen LogP contribution is -2.50. The van der Waals surface area contributed by atoms with E-state index in [1.165, 1.54) is 6.07 Å². The molecular weight excluding hydrogens is 239 g/mol. The molecule has 1 fully saturated rings. The molecular formula is C13H18ClFN2. The average molecular weight is 257 g/mol. The Bertz CT molecular complexity index is 384. The molecule has 2 rings (SSSR count). The molecule has 1 unspecified atom stereocenters. The van der Waals surface area contributed by atoms with Gasteiger partial charge in [0.05, 0.1) is 0 Å². The van der Waals surface area contributed by atoms with Crippen LogP contribution in [-0.4, -0.2) is 30.6 Å². The molecule has 1 heterocycles. The van der Waals surface area contributed by atoms with Gasteiger partial charge < -0.3 is 5.32 Å². The number of hydrogen-bond acceptors (Lipinski definition) is 2. The van der Waals surface area contributed by atoms with E-state index in [1.807, 2.05) is 0 Å². The average Bonchev–Trinajstić information content (AvgIpc) is 2.33. The van der Waals surface area contributed by atoms with Crippen LogP contribution in [0.15, 0.2) is 18.2 Å². The van der Waals surface area contributed by atoms with Crippen LogP contribution in [0.5, 0.6) is 0 Å². The van der Waals surface area contributed by atoms with E-state index in [2.05, 4.69) is 17.1 Å². The minimum absolute atomic E-state index is 0.203. The van der Waals surface area contributed by atoms with Gasteiger partial charge in [-0.15, -0.1) is 0 Å². The van der Waals surface area contributed by atoms with Crippen LogP contribution in [0.4, 0.5) is 4.39 Å². The van der Waals surface area contributed by atoms with Gasteiger partial charge in [0.2, 0.25) is 0 Å². The van der Waals surface area contributed by atoms with E-state index in [1.54, 1.807) is 12.1 Å². The van der Waals surface area contributed by atoms with Crippen LogP contribution in [0.3, 0.4) is 0 Å². The third kappa shape index (κ3) is 3.18. The van der Waals surface area contributed by atoms with Crippen LogP contribution in [0.25, 0.3) is 0 Å². The van der Waals surface area contributed by atoms with E-state index in [4.69, 9.17) is 11.6 Å². The minimum Gasteiger partial charge on any atom is -0.314 e. The highest BCUT2D eigenvalue weighted by Gasteiger charge is 2.21. The summed E-state index contributed by atoms with van der Waals surface area (Å²) in [5, 5.41) is 3.83. The molecule has 0 radical (unpaired) electrons. The van der Waals surface area contributed by atoms with Crippen LogP contribution in [0.2, 0.25) is 5.02 Å². The third-order valence-electron chi connectivity index (χ3n) is 3.33. The zero-order valence-corrected chi connectivity index (χ0v) is 10.8. The standard InChI is InChI=1S/C13H18ClFN2/c1-2-12-8-16-5-6-17(12)9-10-3-4-11(14)7-13(10)15/h3-4,7,12,16H,2,5-6,8-9H2,1H3. The number of piperazine rings is 1. The van der Waals surface area contributed by atoms with E-state index < -0.39 is 0 Å². The topological polar surface area (TPSA) is 15.3 Å². The quantitative estimate of drug-likeness (QED) is 0.895. The van der Waals surface area contributed by atoms with Gasteiger partial charge in [-0.1, -0.05) is 24.6 Å². The molecule has 1 saturated heterocycles. The Kier molecular flexibility index (Phi) is 4.37. The van der Waals surface area contributed by atoms with Gasteiger partial charge in [0.15, 0.2) is 0 Å². The minimum atomic E-state index is -0.203. The molecule has 0 aromatic heterocycles. The highest BCUT2D eigenvalue weighted by molar-refractivity contribution is 6.30. The number of rotatable bonds is 3. The molecule has 94 valence electrons. The molecule has 0 aliphatic carbocycles. The maximum Gasteiger partial charge on any atom is 0.129 e. The van der Waals surface area contributed by atoms with Gasteiger partial charge in [-0.25, -0.2) is 4.39 Å². The summed E-state index contributed by atoms with van der Waals surface area (Å²) in [7, 11) is 0. The van der Waals surface area contributed by atoms with E-state index in [9.17, 15) is 4.39 Å². The van der Waals surface area contributed by atoms with Gasteiger partial charge in [0.1, 0.15) is 5.82 Å². The van der Waals surface area contributed by atoms with Crippen molar-refractivity contribution in [2.75, 3.05) is 19.6 Å². The van der Waals surface area contributed by atoms with E-state index in [0.29, 0.717) is 17.6 Å². The summed E-state index contributed by atoms with van der Waals surface area (Å²) >= 11 is 5.75. The lowest BCUT2D eigenvalue weighted by Gasteiger charge is -2.35. The van der Waals surface area contributed by atoms with Crippen molar-refractivity contribution in [3.8, 4) is 0 Å². The van der Waals surface area contributed by atoms with Crippen LogP contribution in [0.1, 0.15) is 18.9 Å². The van der Waals surface area contributed by atoms with Gasteiger partial charge in [0, 0.05) is 42.8 Å². The highest BCUT2D eigenvalue weighted by atomic mass is 35.5. The molecule has 1 aliphatic heterocycles. The molecule has 0 spiro atoms. The van der Waals surface area contributed by atoms with Crippen LogP contribution < -0.4 is 5.32 Å². The third-order valence-corrected chi connectivity index (χ3v) is 3.57. The van der Waals surface area contributed by atoms with E-state index >= 15 is 0 Å². The van der Waals surface area contributed by atoms with Gasteiger partial charge in [-0.05, 0) is 18.6 Å². The fraction of sp³-hybridized carbons (Fsp3) is 0.538. The zero-order valence-electron chi connectivity index (χ0n) is 10.0. The predicted octanol–water partition coefficient (Wildman–Crippen LogP) is 2.66. The summed E-state index contributed by atoms with van der Waals surface area (Å²) < 4.78 is 13.7. The molecule has 17 heavy (non-hydrogen) atoms. The summed E-state index contributed by atoms with van der Waals surface area (Å²) in [6.07, 6.45) is 1.09. The van der Waals surface area contributed by atoms with Crippen molar-refractivity contribution < 1.29 is 4.39 Å². The molecule has 0 bridgehead atoms. The second-order valence-corrected chi connectivity index (χ2v) is 4.91. The fourth-order valence-electron chi connectivity index (χ4n) is 2.28. The predicted molar refractivity (Wildman–Crippen MR) is 68.8 cm³/mol. The van der Waals surface area contributed by atoms with Crippen molar-refractivity contribution in [2.24, 2.45) is 0 Å². The largest absolute Gasteiger partial charge is 0.314 e. The molecule has 1 aliphatic rings. The van der Waals surface area contributed by atoms with Crippen molar-refractivity contribution in [1.29, 1.82) is 0 Å². The van der Waals surface area contributed by atoms with Gasteiger partial charge in [-0.3, -0.25) is 4.90 Å². The van der Waals surface area contributed by atoms with Crippen molar-refractivity contribution in [1.82, 2.24) is 10.2 Å². The highest BCUT2D eigenvalue weighted by Crippen LogP contribution is 2.18.